The molecule has 0 spiro atoms. The van der Waals surface area contributed by atoms with Crippen molar-refractivity contribution in [1.29, 1.82) is 0 Å². The van der Waals surface area contributed by atoms with Gasteiger partial charge in [0, 0.05) is 24.2 Å². The first kappa shape index (κ1) is 23.9. The molecule has 4 nitrogen and oxygen atoms in total. The number of carbonyl (C=O) groups excluding carboxylic acids is 2. The lowest BCUT2D eigenvalue weighted by Crippen LogP contribution is -2.25. The van der Waals surface area contributed by atoms with Crippen LogP contribution in [0.4, 0.5) is 4.39 Å². The van der Waals surface area contributed by atoms with Crippen LogP contribution < -0.4 is 10.6 Å². The molecule has 0 saturated heterocycles. The zero-order valence-corrected chi connectivity index (χ0v) is 19.3. The summed E-state index contributed by atoms with van der Waals surface area (Å²) in [6.07, 6.45) is 1.42. The second-order valence-corrected chi connectivity index (χ2v) is 8.19. The number of amides is 2. The van der Waals surface area contributed by atoms with Crippen LogP contribution in [0.5, 0.6) is 0 Å². The van der Waals surface area contributed by atoms with E-state index in [9.17, 15) is 14.0 Å². The smallest absolute Gasteiger partial charge is 0.251 e. The molecule has 2 amide bonds. The minimum absolute atomic E-state index is 0.0715. The molecule has 4 aromatic carbocycles. The fourth-order valence-corrected chi connectivity index (χ4v) is 3.72. The molecule has 35 heavy (non-hydrogen) atoms. The van der Waals surface area contributed by atoms with Crippen LogP contribution in [0.25, 0.3) is 11.1 Å². The molecule has 0 atom stereocenters. The van der Waals surface area contributed by atoms with Gasteiger partial charge in [0.05, 0.1) is 0 Å². The molecule has 4 rings (SSSR count). The molecule has 0 aliphatic carbocycles. The van der Waals surface area contributed by atoms with Crippen molar-refractivity contribution in [3.05, 3.63) is 131 Å². The van der Waals surface area contributed by atoms with Gasteiger partial charge in [-0.25, -0.2) is 4.39 Å². The van der Waals surface area contributed by atoms with Gasteiger partial charge in [-0.2, -0.15) is 0 Å². The van der Waals surface area contributed by atoms with Crippen molar-refractivity contribution < 1.29 is 14.0 Å². The van der Waals surface area contributed by atoms with E-state index in [1.165, 1.54) is 24.3 Å². The molecule has 175 valence electrons. The van der Waals surface area contributed by atoms with Crippen molar-refractivity contribution in [1.82, 2.24) is 10.6 Å². The molecule has 0 unspecified atom stereocenters. The van der Waals surface area contributed by atoms with Crippen LogP contribution in [0.1, 0.15) is 31.8 Å². The second kappa shape index (κ2) is 11.7. The molecule has 0 fully saturated rings. The van der Waals surface area contributed by atoms with Crippen LogP contribution in [0, 0.1) is 11.9 Å². The first-order chi connectivity index (χ1) is 17.1. The summed E-state index contributed by atoms with van der Waals surface area (Å²) in [5.74, 6) is -0.648. The quantitative estimate of drug-likeness (QED) is 0.355. The number of halogens is 1. The van der Waals surface area contributed by atoms with E-state index in [0.717, 1.165) is 28.7 Å². The maximum absolute atomic E-state index is 13.0. The summed E-state index contributed by atoms with van der Waals surface area (Å²) < 4.78 is 13.0. The van der Waals surface area contributed by atoms with Crippen molar-refractivity contribution >= 4 is 11.8 Å². The van der Waals surface area contributed by atoms with Gasteiger partial charge >= 0.3 is 0 Å². The molecular formula is C30H26FN2O2. The molecule has 0 aliphatic rings. The van der Waals surface area contributed by atoms with E-state index in [0.29, 0.717) is 30.6 Å². The van der Waals surface area contributed by atoms with Crippen molar-refractivity contribution in [2.24, 2.45) is 0 Å². The van der Waals surface area contributed by atoms with Gasteiger partial charge in [-0.15, -0.1) is 0 Å². The Morgan fingerprint density at radius 1 is 0.686 bits per heavy atom. The standard InChI is InChI=1S/C30H26FN2O2/c31-28-15-13-26(14-16-28)30(35)32-19-17-22-9-11-24(12-10-22)27-8-4-5-23(21-27)18-20-33-29(34)25-6-2-1-3-7-25/h1-7,9-16,21H,17-20H2,(H,32,35)(H,33,34). The van der Waals surface area contributed by atoms with Crippen LogP contribution >= 0.6 is 0 Å². The number of hydrogen-bond donors (Lipinski definition) is 2. The number of nitrogens with one attached hydrogen (secondary N) is 2. The van der Waals surface area contributed by atoms with Crippen LogP contribution in [0.15, 0.2) is 97.1 Å². The number of rotatable bonds is 9. The van der Waals surface area contributed by atoms with Crippen LogP contribution in [0.2, 0.25) is 0 Å². The molecule has 1 radical (unpaired) electrons. The number of benzene rings is 4. The fourth-order valence-electron chi connectivity index (χ4n) is 3.72. The number of hydrogen-bond acceptors (Lipinski definition) is 2. The van der Waals surface area contributed by atoms with Crippen LogP contribution in [-0.2, 0) is 12.8 Å². The molecule has 4 aromatic rings. The minimum Gasteiger partial charge on any atom is -0.352 e. The highest BCUT2D eigenvalue weighted by molar-refractivity contribution is 5.94. The van der Waals surface area contributed by atoms with E-state index in [2.05, 4.69) is 22.8 Å². The molecule has 0 aliphatic heterocycles. The Morgan fingerprint density at radius 3 is 1.94 bits per heavy atom. The third-order valence-corrected chi connectivity index (χ3v) is 5.67. The highest BCUT2D eigenvalue weighted by Crippen LogP contribution is 2.21. The molecule has 5 heteroatoms. The summed E-state index contributed by atoms with van der Waals surface area (Å²) in [6.45, 7) is 1.05. The van der Waals surface area contributed by atoms with Crippen molar-refractivity contribution in [3.8, 4) is 11.1 Å². The summed E-state index contributed by atoms with van der Waals surface area (Å²) in [4.78, 5) is 24.3. The lowest BCUT2D eigenvalue weighted by Gasteiger charge is -2.09. The predicted molar refractivity (Wildman–Crippen MR) is 136 cm³/mol. The van der Waals surface area contributed by atoms with E-state index < -0.39 is 0 Å². The molecule has 0 bridgehead atoms. The molecular weight excluding hydrogens is 439 g/mol. The first-order valence-corrected chi connectivity index (χ1v) is 11.6. The largest absolute Gasteiger partial charge is 0.352 e. The van der Waals surface area contributed by atoms with E-state index in [1.807, 2.05) is 54.6 Å². The van der Waals surface area contributed by atoms with Crippen molar-refractivity contribution in [2.45, 2.75) is 12.8 Å². The Kier molecular flexibility index (Phi) is 8.02. The van der Waals surface area contributed by atoms with Crippen LogP contribution in [0.3, 0.4) is 0 Å². The van der Waals surface area contributed by atoms with E-state index in [-0.39, 0.29) is 17.6 Å². The summed E-state index contributed by atoms with van der Waals surface area (Å²) in [5.41, 5.74) is 5.38. The average Bonchev–Trinajstić information content (AvgIpc) is 2.90. The highest BCUT2D eigenvalue weighted by atomic mass is 19.1. The van der Waals surface area contributed by atoms with Gasteiger partial charge in [-0.05, 0) is 77.6 Å². The Labute approximate surface area is 204 Å². The predicted octanol–water partition coefficient (Wildman–Crippen LogP) is 5.24. The summed E-state index contributed by atoms with van der Waals surface area (Å²) in [5, 5.41) is 5.82. The van der Waals surface area contributed by atoms with Crippen molar-refractivity contribution in [2.75, 3.05) is 13.1 Å². The zero-order chi connectivity index (χ0) is 24.5. The molecule has 0 saturated carbocycles. The van der Waals surface area contributed by atoms with E-state index in [1.54, 1.807) is 12.1 Å². The van der Waals surface area contributed by atoms with Crippen LogP contribution in [-0.4, -0.2) is 24.9 Å². The third-order valence-electron chi connectivity index (χ3n) is 5.67. The second-order valence-electron chi connectivity index (χ2n) is 8.19. The minimum atomic E-state index is -0.362. The normalized spacial score (nSPS) is 10.5. The van der Waals surface area contributed by atoms with Gasteiger partial charge < -0.3 is 10.6 Å². The maximum atomic E-state index is 13.0. The average molecular weight is 466 g/mol. The Balaban J connectivity index is 1.27. The van der Waals surface area contributed by atoms with E-state index in [4.69, 9.17) is 0 Å². The monoisotopic (exact) mass is 465 g/mol. The Morgan fingerprint density at radius 2 is 1.29 bits per heavy atom. The Bertz CT molecular complexity index is 1270. The first-order valence-electron chi connectivity index (χ1n) is 11.6. The summed E-state index contributed by atoms with van der Waals surface area (Å²) >= 11 is 0. The molecule has 0 heterocycles. The number of carbonyl (C=O) groups is 2. The van der Waals surface area contributed by atoms with Gasteiger partial charge in [-0.3, -0.25) is 9.59 Å². The third kappa shape index (κ3) is 6.87. The van der Waals surface area contributed by atoms with Gasteiger partial charge in [0.2, 0.25) is 0 Å². The summed E-state index contributed by atoms with van der Waals surface area (Å²) in [7, 11) is 0. The van der Waals surface area contributed by atoms with Gasteiger partial charge in [-0.1, -0.05) is 60.7 Å². The van der Waals surface area contributed by atoms with Gasteiger partial charge in [0.15, 0.2) is 0 Å². The lowest BCUT2D eigenvalue weighted by molar-refractivity contribution is 0.0946. The SMILES string of the molecule is O=C(NCCc1ccc(-c2[c]ccc(CCNC(=O)c3ccccc3)c2)cc1)c1ccc(F)cc1. The zero-order valence-electron chi connectivity index (χ0n) is 19.3. The maximum Gasteiger partial charge on any atom is 0.251 e. The lowest BCUT2D eigenvalue weighted by atomic mass is 10.00. The van der Waals surface area contributed by atoms with Gasteiger partial charge in [0.25, 0.3) is 11.8 Å². The fraction of sp³-hybridized carbons (Fsp3) is 0.133. The Hall–Kier alpha value is -4.25. The van der Waals surface area contributed by atoms with Crippen molar-refractivity contribution in [3.63, 3.8) is 0 Å². The molecule has 0 aromatic heterocycles. The van der Waals surface area contributed by atoms with E-state index >= 15 is 0 Å². The topological polar surface area (TPSA) is 58.2 Å². The molecule has 2 N–H and O–H groups in total. The van der Waals surface area contributed by atoms with Gasteiger partial charge in [0.1, 0.15) is 5.82 Å². The highest BCUT2D eigenvalue weighted by Gasteiger charge is 2.06. The summed E-state index contributed by atoms with van der Waals surface area (Å²) in [6, 6.07) is 32.2.